The van der Waals surface area contributed by atoms with Gasteiger partial charge < -0.3 is 5.73 Å². The number of aromatic nitrogens is 1. The molecule has 94 valence electrons. The molecule has 1 aliphatic rings. The zero-order valence-electron chi connectivity index (χ0n) is 9.81. The molecule has 0 amide bonds. The minimum atomic E-state index is -3.54. The second-order valence-electron chi connectivity index (χ2n) is 4.90. The summed E-state index contributed by atoms with van der Waals surface area (Å²) in [7, 11) is -3.54. The van der Waals surface area contributed by atoms with Crippen LogP contribution in [0.5, 0.6) is 0 Å². The first-order valence-electron chi connectivity index (χ1n) is 5.62. The number of nitrogens with zero attached hydrogens (tertiary/aromatic N) is 1. The van der Waals surface area contributed by atoms with Crippen LogP contribution in [0.3, 0.4) is 0 Å². The van der Waals surface area contributed by atoms with Crippen LogP contribution in [0.15, 0.2) is 23.4 Å². The topological polar surface area (TPSA) is 85.1 Å². The maximum absolute atomic E-state index is 12.0. The molecule has 1 aromatic heterocycles. The van der Waals surface area contributed by atoms with Crippen LogP contribution in [0.1, 0.15) is 26.2 Å². The van der Waals surface area contributed by atoms with Crippen molar-refractivity contribution >= 4 is 15.7 Å². The molecule has 0 radical (unpaired) electrons. The summed E-state index contributed by atoms with van der Waals surface area (Å²) in [6.45, 7) is 2.55. The van der Waals surface area contributed by atoms with Gasteiger partial charge in [0.1, 0.15) is 4.90 Å². The fourth-order valence-corrected chi connectivity index (χ4v) is 3.19. The zero-order chi connectivity index (χ0) is 12.5. The number of rotatable bonds is 4. The summed E-state index contributed by atoms with van der Waals surface area (Å²) in [5.41, 5.74) is 5.96. The van der Waals surface area contributed by atoms with E-state index in [1.807, 2.05) is 0 Å². The molecule has 1 heterocycles. The standard InChI is InChI=1S/C11H17N3O2S/c1-11(4-2-5-11)8-14-17(15,16)10-7-13-6-3-9(10)12/h3,6-7,14H,2,4-5,8H2,1H3,(H2,12,13). The lowest BCUT2D eigenvalue weighted by Crippen LogP contribution is -2.40. The molecule has 3 N–H and O–H groups in total. The summed E-state index contributed by atoms with van der Waals surface area (Å²) >= 11 is 0. The summed E-state index contributed by atoms with van der Waals surface area (Å²) in [6.07, 6.45) is 6.06. The summed E-state index contributed by atoms with van der Waals surface area (Å²) in [5, 5.41) is 0. The third-order valence-electron chi connectivity index (χ3n) is 3.36. The predicted molar refractivity (Wildman–Crippen MR) is 65.8 cm³/mol. The highest BCUT2D eigenvalue weighted by Gasteiger charge is 2.33. The van der Waals surface area contributed by atoms with E-state index in [-0.39, 0.29) is 16.0 Å². The number of nitrogens with one attached hydrogen (secondary N) is 1. The van der Waals surface area contributed by atoms with Crippen molar-refractivity contribution in [3.63, 3.8) is 0 Å². The molecule has 5 nitrogen and oxygen atoms in total. The maximum Gasteiger partial charge on any atom is 0.244 e. The molecular weight excluding hydrogens is 238 g/mol. The number of anilines is 1. The van der Waals surface area contributed by atoms with E-state index in [0.717, 1.165) is 12.8 Å². The molecular formula is C11H17N3O2S. The number of nitrogen functional groups attached to an aromatic ring is 1. The van der Waals surface area contributed by atoms with E-state index in [1.54, 1.807) is 0 Å². The van der Waals surface area contributed by atoms with E-state index >= 15 is 0 Å². The van der Waals surface area contributed by atoms with Gasteiger partial charge in [-0.2, -0.15) is 0 Å². The lowest BCUT2D eigenvalue weighted by atomic mass is 9.71. The van der Waals surface area contributed by atoms with Gasteiger partial charge in [0.05, 0.1) is 5.69 Å². The Hall–Kier alpha value is -1.14. The van der Waals surface area contributed by atoms with Crippen LogP contribution in [0.25, 0.3) is 0 Å². The van der Waals surface area contributed by atoms with Crippen LogP contribution in [-0.2, 0) is 10.0 Å². The van der Waals surface area contributed by atoms with Gasteiger partial charge in [-0.25, -0.2) is 13.1 Å². The van der Waals surface area contributed by atoms with Crippen molar-refractivity contribution in [3.8, 4) is 0 Å². The first kappa shape index (κ1) is 12.3. The van der Waals surface area contributed by atoms with E-state index in [1.165, 1.54) is 24.9 Å². The van der Waals surface area contributed by atoms with Crippen LogP contribution >= 0.6 is 0 Å². The minimum absolute atomic E-state index is 0.0583. The van der Waals surface area contributed by atoms with Gasteiger partial charge in [-0.05, 0) is 24.3 Å². The van der Waals surface area contributed by atoms with Crippen LogP contribution in [0.2, 0.25) is 0 Å². The molecule has 0 saturated heterocycles. The molecule has 2 rings (SSSR count). The van der Waals surface area contributed by atoms with Crippen LogP contribution < -0.4 is 10.5 Å². The number of sulfonamides is 1. The second kappa shape index (κ2) is 4.27. The van der Waals surface area contributed by atoms with E-state index in [4.69, 9.17) is 5.73 Å². The average Bonchev–Trinajstić information content (AvgIpc) is 2.24. The lowest BCUT2D eigenvalue weighted by molar-refractivity contribution is 0.166. The van der Waals surface area contributed by atoms with Crippen molar-refractivity contribution in [2.24, 2.45) is 5.41 Å². The van der Waals surface area contributed by atoms with E-state index in [9.17, 15) is 8.42 Å². The maximum atomic E-state index is 12.0. The predicted octanol–water partition coefficient (Wildman–Crippen LogP) is 1.13. The summed E-state index contributed by atoms with van der Waals surface area (Å²) in [4.78, 5) is 3.85. The van der Waals surface area contributed by atoms with Crippen molar-refractivity contribution in [2.45, 2.75) is 31.1 Å². The number of hydrogen-bond donors (Lipinski definition) is 2. The smallest absolute Gasteiger partial charge is 0.244 e. The van der Waals surface area contributed by atoms with Gasteiger partial charge in [-0.3, -0.25) is 4.98 Å². The molecule has 0 unspecified atom stereocenters. The number of nitrogens with two attached hydrogens (primary N) is 1. The van der Waals surface area contributed by atoms with Gasteiger partial charge >= 0.3 is 0 Å². The molecule has 0 atom stereocenters. The Morgan fingerprint density at radius 1 is 1.53 bits per heavy atom. The molecule has 1 aromatic rings. The zero-order valence-corrected chi connectivity index (χ0v) is 10.6. The van der Waals surface area contributed by atoms with Crippen molar-refractivity contribution < 1.29 is 8.42 Å². The normalized spacial score (nSPS) is 18.6. The van der Waals surface area contributed by atoms with Gasteiger partial charge in [-0.1, -0.05) is 13.3 Å². The summed E-state index contributed by atoms with van der Waals surface area (Å²) in [5.74, 6) is 0. The fraction of sp³-hybridized carbons (Fsp3) is 0.545. The van der Waals surface area contributed by atoms with Crippen LogP contribution in [0.4, 0.5) is 5.69 Å². The molecule has 0 bridgehead atoms. The Labute approximate surface area is 101 Å². The Morgan fingerprint density at radius 3 is 2.76 bits per heavy atom. The molecule has 1 fully saturated rings. The second-order valence-corrected chi connectivity index (χ2v) is 6.64. The van der Waals surface area contributed by atoms with Gasteiger partial charge in [0.2, 0.25) is 10.0 Å². The molecule has 6 heteroatoms. The van der Waals surface area contributed by atoms with Crippen LogP contribution in [-0.4, -0.2) is 19.9 Å². The van der Waals surface area contributed by atoms with Crippen molar-refractivity contribution in [2.75, 3.05) is 12.3 Å². The Balaban J connectivity index is 2.12. The van der Waals surface area contributed by atoms with E-state index in [2.05, 4.69) is 16.6 Å². The highest BCUT2D eigenvalue weighted by atomic mass is 32.2. The highest BCUT2D eigenvalue weighted by Crippen LogP contribution is 2.39. The SMILES string of the molecule is CC1(CNS(=O)(=O)c2cnccc2N)CCC1. The summed E-state index contributed by atoms with van der Waals surface area (Å²) < 4.78 is 26.6. The highest BCUT2D eigenvalue weighted by molar-refractivity contribution is 7.89. The quantitative estimate of drug-likeness (QED) is 0.844. The average molecular weight is 255 g/mol. The molecule has 1 saturated carbocycles. The van der Waals surface area contributed by atoms with Crippen molar-refractivity contribution in [1.29, 1.82) is 0 Å². The van der Waals surface area contributed by atoms with Gasteiger partial charge in [0.25, 0.3) is 0 Å². The van der Waals surface area contributed by atoms with E-state index < -0.39 is 10.0 Å². The Bertz CT molecular complexity index is 509. The molecule has 0 aromatic carbocycles. The van der Waals surface area contributed by atoms with Crippen molar-refractivity contribution in [3.05, 3.63) is 18.5 Å². The van der Waals surface area contributed by atoms with E-state index in [0.29, 0.717) is 6.54 Å². The van der Waals surface area contributed by atoms with Crippen LogP contribution in [0, 0.1) is 5.41 Å². The Morgan fingerprint density at radius 2 is 2.24 bits per heavy atom. The third-order valence-corrected chi connectivity index (χ3v) is 4.80. The molecule has 1 aliphatic carbocycles. The number of hydrogen-bond acceptors (Lipinski definition) is 4. The van der Waals surface area contributed by atoms with Gasteiger partial charge in [-0.15, -0.1) is 0 Å². The lowest BCUT2D eigenvalue weighted by Gasteiger charge is -2.38. The summed E-state index contributed by atoms with van der Waals surface area (Å²) in [6, 6.07) is 1.49. The fourth-order valence-electron chi connectivity index (χ4n) is 1.92. The molecule has 17 heavy (non-hydrogen) atoms. The number of pyridine rings is 1. The third kappa shape index (κ3) is 2.58. The largest absolute Gasteiger partial charge is 0.398 e. The Kier molecular flexibility index (Phi) is 3.09. The first-order valence-corrected chi connectivity index (χ1v) is 7.10. The minimum Gasteiger partial charge on any atom is -0.398 e. The first-order chi connectivity index (χ1) is 7.93. The molecule has 0 spiro atoms. The monoisotopic (exact) mass is 255 g/mol. The van der Waals surface area contributed by atoms with Crippen molar-refractivity contribution in [1.82, 2.24) is 9.71 Å². The van der Waals surface area contributed by atoms with Gasteiger partial charge in [0.15, 0.2) is 0 Å². The van der Waals surface area contributed by atoms with Gasteiger partial charge in [0, 0.05) is 18.9 Å². The molecule has 0 aliphatic heterocycles.